The second-order valence-electron chi connectivity index (χ2n) is 7.24. The zero-order valence-electron chi connectivity index (χ0n) is 15.0. The topological polar surface area (TPSA) is 49.4 Å². The van der Waals surface area contributed by atoms with Crippen LogP contribution in [0.1, 0.15) is 32.3 Å². The third-order valence-electron chi connectivity index (χ3n) is 5.08. The largest absolute Gasteiger partial charge is 0.356 e. The quantitative estimate of drug-likeness (QED) is 0.910. The van der Waals surface area contributed by atoms with Crippen molar-refractivity contribution in [1.29, 1.82) is 0 Å². The first-order valence-corrected chi connectivity index (χ1v) is 9.05. The molecule has 4 heteroatoms. The van der Waals surface area contributed by atoms with Crippen LogP contribution in [0.3, 0.4) is 0 Å². The fourth-order valence-electron chi connectivity index (χ4n) is 3.45. The third kappa shape index (κ3) is 3.84. The van der Waals surface area contributed by atoms with E-state index < -0.39 is 5.41 Å². The number of hydrogen-bond acceptors (Lipinski definition) is 2. The number of hydrogen-bond donors (Lipinski definition) is 1. The van der Waals surface area contributed by atoms with E-state index in [-0.39, 0.29) is 11.8 Å². The second-order valence-corrected chi connectivity index (χ2v) is 7.24. The van der Waals surface area contributed by atoms with Crippen LogP contribution in [0.15, 0.2) is 42.5 Å². The van der Waals surface area contributed by atoms with Gasteiger partial charge in [-0.15, -0.1) is 0 Å². The summed E-state index contributed by atoms with van der Waals surface area (Å²) < 4.78 is 0. The van der Waals surface area contributed by atoms with Gasteiger partial charge in [0.2, 0.25) is 11.8 Å². The van der Waals surface area contributed by atoms with Crippen LogP contribution in [0.2, 0.25) is 0 Å². The lowest BCUT2D eigenvalue weighted by molar-refractivity contribution is -0.132. The minimum atomic E-state index is -0.464. The van der Waals surface area contributed by atoms with Gasteiger partial charge in [0, 0.05) is 19.6 Å². The first-order valence-electron chi connectivity index (χ1n) is 9.05. The first-order chi connectivity index (χ1) is 12.0. The molecule has 0 bridgehead atoms. The Hall–Kier alpha value is -2.36. The molecule has 0 aliphatic carbocycles. The Bertz CT molecular complexity index is 786. The molecule has 2 aromatic rings. The summed E-state index contributed by atoms with van der Waals surface area (Å²) in [5, 5.41) is 5.30. The minimum Gasteiger partial charge on any atom is -0.356 e. The van der Waals surface area contributed by atoms with Crippen LogP contribution in [0.4, 0.5) is 0 Å². The summed E-state index contributed by atoms with van der Waals surface area (Å²) in [5.41, 5.74) is 0.557. The van der Waals surface area contributed by atoms with Gasteiger partial charge in [-0.1, -0.05) is 49.4 Å². The molecule has 2 amide bonds. The van der Waals surface area contributed by atoms with E-state index in [1.54, 1.807) is 0 Å². The van der Waals surface area contributed by atoms with Gasteiger partial charge in [-0.05, 0) is 36.1 Å². The predicted octanol–water partition coefficient (Wildman–Crippen LogP) is 3.15. The molecule has 3 rings (SSSR count). The number of fused-ring (bicyclic) bond motifs is 1. The Morgan fingerprint density at radius 1 is 1.16 bits per heavy atom. The molecule has 1 N–H and O–H groups in total. The van der Waals surface area contributed by atoms with E-state index in [9.17, 15) is 9.59 Å². The number of carbonyl (C=O) groups excluding carboxylic acids is 2. The van der Waals surface area contributed by atoms with Crippen LogP contribution >= 0.6 is 0 Å². The maximum Gasteiger partial charge on any atom is 0.227 e. The molecule has 2 aromatic carbocycles. The van der Waals surface area contributed by atoms with Crippen LogP contribution < -0.4 is 5.32 Å². The number of rotatable bonds is 5. The van der Waals surface area contributed by atoms with Crippen molar-refractivity contribution in [2.45, 2.75) is 33.1 Å². The highest BCUT2D eigenvalue weighted by atomic mass is 16.2. The van der Waals surface area contributed by atoms with Crippen LogP contribution in [0, 0.1) is 5.41 Å². The number of carbonyl (C=O) groups is 2. The van der Waals surface area contributed by atoms with E-state index in [4.69, 9.17) is 0 Å². The Kier molecular flexibility index (Phi) is 5.07. The fraction of sp³-hybridized carbons (Fsp3) is 0.429. The van der Waals surface area contributed by atoms with Crippen molar-refractivity contribution < 1.29 is 9.59 Å². The summed E-state index contributed by atoms with van der Waals surface area (Å²) >= 11 is 0. The average molecular weight is 338 g/mol. The van der Waals surface area contributed by atoms with E-state index in [1.807, 2.05) is 36.9 Å². The monoisotopic (exact) mass is 338 g/mol. The molecule has 1 unspecified atom stereocenters. The molecule has 0 radical (unpaired) electrons. The predicted molar refractivity (Wildman–Crippen MR) is 100 cm³/mol. The highest BCUT2D eigenvalue weighted by molar-refractivity contribution is 5.87. The molecule has 4 nitrogen and oxygen atoms in total. The smallest absolute Gasteiger partial charge is 0.227 e. The van der Waals surface area contributed by atoms with Crippen molar-refractivity contribution in [1.82, 2.24) is 10.2 Å². The first kappa shape index (κ1) is 17.5. The number of likely N-dealkylation sites (tertiary alicyclic amines) is 1. The number of benzene rings is 2. The van der Waals surface area contributed by atoms with E-state index in [0.29, 0.717) is 26.1 Å². The Labute approximate surface area is 149 Å². The van der Waals surface area contributed by atoms with Crippen molar-refractivity contribution in [3.63, 3.8) is 0 Å². The molecule has 1 atom stereocenters. The molecule has 0 saturated carbocycles. The molecule has 1 aliphatic rings. The zero-order chi connectivity index (χ0) is 17.9. The Balaban J connectivity index is 1.64. The van der Waals surface area contributed by atoms with E-state index in [2.05, 4.69) is 29.6 Å². The number of nitrogens with zero attached hydrogens (tertiary/aromatic N) is 1. The second kappa shape index (κ2) is 7.26. The molecule has 25 heavy (non-hydrogen) atoms. The van der Waals surface area contributed by atoms with Crippen molar-refractivity contribution in [3.8, 4) is 0 Å². The molecule has 132 valence electrons. The van der Waals surface area contributed by atoms with Gasteiger partial charge in [-0.3, -0.25) is 9.59 Å². The van der Waals surface area contributed by atoms with Crippen LogP contribution in [0.5, 0.6) is 0 Å². The highest BCUT2D eigenvalue weighted by Crippen LogP contribution is 2.30. The maximum atomic E-state index is 12.7. The lowest BCUT2D eigenvalue weighted by atomic mass is 9.88. The summed E-state index contributed by atoms with van der Waals surface area (Å²) in [5.74, 6) is 0.164. The van der Waals surface area contributed by atoms with Gasteiger partial charge in [-0.2, -0.15) is 0 Å². The summed E-state index contributed by atoms with van der Waals surface area (Å²) in [6.45, 7) is 5.86. The minimum absolute atomic E-state index is 0.0651. The number of amides is 2. The molecule has 1 aliphatic heterocycles. The fourth-order valence-corrected chi connectivity index (χ4v) is 3.45. The molecule has 1 heterocycles. The summed E-state index contributed by atoms with van der Waals surface area (Å²) in [6.07, 6.45) is 2.04. The molecule has 0 spiro atoms. The highest BCUT2D eigenvalue weighted by Gasteiger charge is 2.41. The van der Waals surface area contributed by atoms with E-state index >= 15 is 0 Å². The van der Waals surface area contributed by atoms with Crippen LogP contribution in [-0.4, -0.2) is 36.3 Å². The van der Waals surface area contributed by atoms with Gasteiger partial charge >= 0.3 is 0 Å². The van der Waals surface area contributed by atoms with Gasteiger partial charge in [0.1, 0.15) is 0 Å². The Morgan fingerprint density at radius 2 is 1.92 bits per heavy atom. The molecule has 0 aromatic heterocycles. The van der Waals surface area contributed by atoms with E-state index in [0.717, 1.165) is 23.8 Å². The van der Waals surface area contributed by atoms with Crippen LogP contribution in [0.25, 0.3) is 10.8 Å². The van der Waals surface area contributed by atoms with Crippen molar-refractivity contribution >= 4 is 22.6 Å². The molecule has 1 saturated heterocycles. The average Bonchev–Trinajstić information content (AvgIpc) is 3.03. The summed E-state index contributed by atoms with van der Waals surface area (Å²) in [4.78, 5) is 26.9. The molecular formula is C21H26N2O2. The SMILES string of the molecule is CCCNC(=O)C1(C)CCN(C(=O)Cc2ccc3ccccc3c2)C1. The summed E-state index contributed by atoms with van der Waals surface area (Å²) in [6, 6.07) is 14.3. The van der Waals surface area contributed by atoms with Gasteiger partial charge in [0.15, 0.2) is 0 Å². The van der Waals surface area contributed by atoms with E-state index in [1.165, 1.54) is 5.39 Å². The standard InChI is InChI=1S/C21H26N2O2/c1-3-11-22-20(25)21(2)10-12-23(15-21)19(24)14-16-8-9-17-6-4-5-7-18(17)13-16/h4-9,13H,3,10-12,14-15H2,1-2H3,(H,22,25). The Morgan fingerprint density at radius 3 is 2.68 bits per heavy atom. The van der Waals surface area contributed by atoms with Gasteiger partial charge < -0.3 is 10.2 Å². The zero-order valence-corrected chi connectivity index (χ0v) is 15.0. The maximum absolute atomic E-state index is 12.7. The van der Waals surface area contributed by atoms with Crippen molar-refractivity contribution in [2.24, 2.45) is 5.41 Å². The third-order valence-corrected chi connectivity index (χ3v) is 5.08. The summed E-state index contributed by atoms with van der Waals surface area (Å²) in [7, 11) is 0. The lowest BCUT2D eigenvalue weighted by Gasteiger charge is -2.23. The molecule has 1 fully saturated rings. The van der Waals surface area contributed by atoms with Crippen molar-refractivity contribution in [2.75, 3.05) is 19.6 Å². The van der Waals surface area contributed by atoms with Gasteiger partial charge in [-0.25, -0.2) is 0 Å². The number of nitrogens with one attached hydrogen (secondary N) is 1. The molecular weight excluding hydrogens is 312 g/mol. The van der Waals surface area contributed by atoms with Crippen LogP contribution in [-0.2, 0) is 16.0 Å². The van der Waals surface area contributed by atoms with Gasteiger partial charge in [0.25, 0.3) is 0 Å². The van der Waals surface area contributed by atoms with Gasteiger partial charge in [0.05, 0.1) is 11.8 Å². The van der Waals surface area contributed by atoms with Crippen molar-refractivity contribution in [3.05, 3.63) is 48.0 Å². The normalized spacial score (nSPS) is 20.0. The lowest BCUT2D eigenvalue weighted by Crippen LogP contribution is -2.42.